The highest BCUT2D eigenvalue weighted by Gasteiger charge is 2.17. The van der Waals surface area contributed by atoms with Crippen molar-refractivity contribution in [2.75, 3.05) is 0 Å². The average molecular weight is 295 g/mol. The van der Waals surface area contributed by atoms with Crippen molar-refractivity contribution in [3.8, 4) is 17.1 Å². The zero-order valence-electron chi connectivity index (χ0n) is 12.2. The molecule has 0 N–H and O–H groups in total. The molecule has 3 nitrogen and oxygen atoms in total. The lowest BCUT2D eigenvalue weighted by Crippen LogP contribution is -2.12. The van der Waals surface area contributed by atoms with E-state index in [0.717, 1.165) is 34.6 Å². The Morgan fingerprint density at radius 2 is 1.76 bits per heavy atom. The van der Waals surface area contributed by atoms with Gasteiger partial charge in [0.05, 0.1) is 5.69 Å². The van der Waals surface area contributed by atoms with E-state index in [2.05, 4.69) is 68.2 Å². The monoisotopic (exact) mass is 295 g/mol. The normalized spacial score (nSPS) is 10.8. The second kappa shape index (κ2) is 5.79. The minimum absolute atomic E-state index is 0.846. The van der Waals surface area contributed by atoms with E-state index in [1.165, 1.54) is 5.56 Å². The van der Waals surface area contributed by atoms with Gasteiger partial charge in [-0.1, -0.05) is 55.5 Å². The van der Waals surface area contributed by atoms with Crippen LogP contribution in [0.4, 0.5) is 0 Å². The van der Waals surface area contributed by atoms with Crippen LogP contribution in [-0.2, 0) is 6.42 Å². The molecule has 0 aliphatic carbocycles. The summed E-state index contributed by atoms with van der Waals surface area (Å²) in [5.41, 5.74) is 3.45. The van der Waals surface area contributed by atoms with Crippen LogP contribution in [0.5, 0.6) is 0 Å². The molecule has 1 aromatic heterocycles. The Hall–Kier alpha value is -1.99. The summed E-state index contributed by atoms with van der Waals surface area (Å²) in [4.78, 5) is 0. The first-order chi connectivity index (χ1) is 10.2. The first kappa shape index (κ1) is 14.0. The van der Waals surface area contributed by atoms with Gasteiger partial charge in [-0.2, -0.15) is 0 Å². The number of hydrogen-bond donors (Lipinski definition) is 0. The lowest BCUT2D eigenvalue weighted by Gasteiger charge is -2.15. The fraction of sp³-hybridized carbons (Fsp3) is 0.176. The molecule has 1 unspecified atom stereocenters. The largest absolute Gasteiger partial charge is 0.278 e. The number of benzene rings is 2. The molecular formula is C17H18N3P. The van der Waals surface area contributed by atoms with Crippen molar-refractivity contribution in [3.05, 3.63) is 59.9 Å². The first-order valence-electron chi connectivity index (χ1n) is 7.07. The van der Waals surface area contributed by atoms with E-state index in [-0.39, 0.29) is 0 Å². The fourth-order valence-electron chi connectivity index (χ4n) is 2.54. The van der Waals surface area contributed by atoms with Gasteiger partial charge in [-0.05, 0) is 17.8 Å². The zero-order chi connectivity index (χ0) is 14.8. The third kappa shape index (κ3) is 2.50. The van der Waals surface area contributed by atoms with Gasteiger partial charge < -0.3 is 0 Å². The van der Waals surface area contributed by atoms with E-state index in [0.29, 0.717) is 0 Å². The zero-order valence-corrected chi connectivity index (χ0v) is 13.4. The number of para-hydroxylation sites is 1. The summed E-state index contributed by atoms with van der Waals surface area (Å²) in [7, 11) is 2.81. The predicted molar refractivity (Wildman–Crippen MR) is 90.3 cm³/mol. The molecule has 0 saturated heterocycles. The molecule has 1 atom stereocenters. The van der Waals surface area contributed by atoms with Gasteiger partial charge in [-0.15, -0.1) is 19.4 Å². The van der Waals surface area contributed by atoms with Crippen LogP contribution >= 0.6 is 9.24 Å². The molecule has 3 rings (SSSR count). The van der Waals surface area contributed by atoms with Crippen LogP contribution in [-0.4, -0.2) is 14.8 Å². The SMILES string of the molecule is CCc1nnc(-c2ccccc2)n1-c1c(C)cccc1P. The maximum atomic E-state index is 4.42. The third-order valence-corrected chi connectivity index (χ3v) is 4.04. The second-order valence-corrected chi connectivity index (χ2v) is 5.63. The van der Waals surface area contributed by atoms with Crippen molar-refractivity contribution in [3.63, 3.8) is 0 Å². The summed E-state index contributed by atoms with van der Waals surface area (Å²) >= 11 is 0. The van der Waals surface area contributed by atoms with Crippen molar-refractivity contribution >= 4 is 14.5 Å². The van der Waals surface area contributed by atoms with Gasteiger partial charge in [-0.25, -0.2) is 0 Å². The first-order valence-corrected chi connectivity index (χ1v) is 7.65. The lowest BCUT2D eigenvalue weighted by molar-refractivity contribution is 0.883. The van der Waals surface area contributed by atoms with Crippen molar-refractivity contribution < 1.29 is 0 Å². The van der Waals surface area contributed by atoms with Crippen LogP contribution < -0.4 is 5.30 Å². The van der Waals surface area contributed by atoms with Gasteiger partial charge in [0.25, 0.3) is 0 Å². The van der Waals surface area contributed by atoms with E-state index < -0.39 is 0 Å². The highest BCUT2D eigenvalue weighted by molar-refractivity contribution is 7.27. The van der Waals surface area contributed by atoms with E-state index in [4.69, 9.17) is 0 Å². The molecule has 21 heavy (non-hydrogen) atoms. The van der Waals surface area contributed by atoms with Crippen molar-refractivity contribution in [2.45, 2.75) is 20.3 Å². The number of aryl methyl sites for hydroxylation is 2. The summed E-state index contributed by atoms with van der Waals surface area (Å²) in [6.45, 7) is 4.23. The minimum atomic E-state index is 0.846. The summed E-state index contributed by atoms with van der Waals surface area (Å²) < 4.78 is 2.17. The lowest BCUT2D eigenvalue weighted by atomic mass is 10.1. The molecule has 0 aliphatic heterocycles. The summed E-state index contributed by atoms with van der Waals surface area (Å²) in [5, 5.41) is 9.95. The van der Waals surface area contributed by atoms with Gasteiger partial charge >= 0.3 is 0 Å². The molecule has 4 heteroatoms. The average Bonchev–Trinajstić information content (AvgIpc) is 2.92. The quantitative estimate of drug-likeness (QED) is 0.694. The summed E-state index contributed by atoms with van der Waals surface area (Å²) in [5.74, 6) is 1.87. The van der Waals surface area contributed by atoms with E-state index in [1.807, 2.05) is 18.2 Å². The molecule has 0 bridgehead atoms. The number of hydrogen-bond acceptors (Lipinski definition) is 2. The fourth-order valence-corrected chi connectivity index (χ4v) is 3.01. The highest BCUT2D eigenvalue weighted by Crippen LogP contribution is 2.24. The molecule has 0 saturated carbocycles. The van der Waals surface area contributed by atoms with Crippen molar-refractivity contribution in [2.24, 2.45) is 0 Å². The molecule has 0 fully saturated rings. The predicted octanol–water partition coefficient (Wildman–Crippen LogP) is 3.31. The topological polar surface area (TPSA) is 30.7 Å². The van der Waals surface area contributed by atoms with E-state index >= 15 is 0 Å². The molecule has 106 valence electrons. The highest BCUT2D eigenvalue weighted by atomic mass is 31.0. The van der Waals surface area contributed by atoms with Gasteiger partial charge in [0.1, 0.15) is 5.82 Å². The third-order valence-electron chi connectivity index (χ3n) is 3.57. The number of nitrogens with zero attached hydrogens (tertiary/aromatic N) is 3. The Morgan fingerprint density at radius 1 is 1.00 bits per heavy atom. The van der Waals surface area contributed by atoms with Crippen LogP contribution in [0.3, 0.4) is 0 Å². The van der Waals surface area contributed by atoms with Crippen LogP contribution in [0.1, 0.15) is 18.3 Å². The molecule has 0 amide bonds. The van der Waals surface area contributed by atoms with Gasteiger partial charge in [0.2, 0.25) is 0 Å². The maximum absolute atomic E-state index is 4.42. The van der Waals surface area contributed by atoms with Crippen molar-refractivity contribution in [1.82, 2.24) is 14.8 Å². The Kier molecular flexibility index (Phi) is 3.85. The van der Waals surface area contributed by atoms with Crippen LogP contribution in [0.2, 0.25) is 0 Å². The molecule has 2 aromatic carbocycles. The molecular weight excluding hydrogens is 277 g/mol. The Bertz CT molecular complexity index is 743. The molecule has 0 aliphatic rings. The van der Waals surface area contributed by atoms with E-state index in [9.17, 15) is 0 Å². The number of rotatable bonds is 3. The standard InChI is InChI=1S/C17H18N3P/c1-3-15-18-19-17(13-9-5-4-6-10-13)20(15)16-12(2)8-7-11-14(16)21/h4-11H,3,21H2,1-2H3. The molecule has 0 radical (unpaired) electrons. The minimum Gasteiger partial charge on any atom is -0.278 e. The number of aromatic nitrogens is 3. The maximum Gasteiger partial charge on any atom is 0.168 e. The Morgan fingerprint density at radius 3 is 2.43 bits per heavy atom. The van der Waals surface area contributed by atoms with Crippen molar-refractivity contribution in [1.29, 1.82) is 0 Å². The van der Waals surface area contributed by atoms with Gasteiger partial charge in [0, 0.05) is 12.0 Å². The van der Waals surface area contributed by atoms with Gasteiger partial charge in [-0.3, -0.25) is 4.57 Å². The summed E-state index contributed by atoms with van der Waals surface area (Å²) in [6.07, 6.45) is 0.846. The molecule has 1 heterocycles. The Balaban J connectivity index is 2.29. The van der Waals surface area contributed by atoms with E-state index in [1.54, 1.807) is 0 Å². The second-order valence-electron chi connectivity index (χ2n) is 5.01. The summed E-state index contributed by atoms with van der Waals surface area (Å²) in [6, 6.07) is 16.5. The smallest absolute Gasteiger partial charge is 0.168 e. The Labute approximate surface area is 127 Å². The molecule has 3 aromatic rings. The van der Waals surface area contributed by atoms with Gasteiger partial charge in [0.15, 0.2) is 5.82 Å². The van der Waals surface area contributed by atoms with Crippen LogP contribution in [0.25, 0.3) is 17.1 Å². The van der Waals surface area contributed by atoms with Crippen LogP contribution in [0, 0.1) is 6.92 Å². The molecule has 0 spiro atoms. The van der Waals surface area contributed by atoms with Crippen LogP contribution in [0.15, 0.2) is 48.5 Å².